The molecule has 70 valence electrons. The summed E-state index contributed by atoms with van der Waals surface area (Å²) in [5, 5.41) is 0. The molecule has 2 N–H and O–H groups in total. The summed E-state index contributed by atoms with van der Waals surface area (Å²) in [4.78, 5) is 10.4. The monoisotopic (exact) mass is 180 g/mol. The van der Waals surface area contributed by atoms with E-state index < -0.39 is 0 Å². The summed E-state index contributed by atoms with van der Waals surface area (Å²) in [7, 11) is 3.56. The highest BCUT2D eigenvalue weighted by molar-refractivity contribution is 5.45. The second kappa shape index (κ2) is 2.85. The van der Waals surface area contributed by atoms with Crippen LogP contribution in [0.2, 0.25) is 0 Å². The molecule has 13 heavy (non-hydrogen) atoms. The van der Waals surface area contributed by atoms with Gasteiger partial charge in [0, 0.05) is 18.7 Å². The van der Waals surface area contributed by atoms with Gasteiger partial charge >= 0.3 is 6.01 Å². The number of nitrogen functional groups attached to an aromatic ring is 1. The molecule has 0 aromatic carbocycles. The Labute approximate surface area is 76.5 Å². The number of ether oxygens (including phenoxy) is 1. The predicted octanol–water partition coefficient (Wildman–Crippen LogP) is 0.0128. The summed E-state index contributed by atoms with van der Waals surface area (Å²) in [6, 6.07) is 0.353. The number of hydrogen-bond acceptors (Lipinski definition) is 5. The van der Waals surface area contributed by atoms with Gasteiger partial charge in [0.25, 0.3) is 0 Å². The Morgan fingerprint density at radius 3 is 2.85 bits per heavy atom. The lowest BCUT2D eigenvalue weighted by Gasteiger charge is -2.03. The summed E-state index contributed by atoms with van der Waals surface area (Å²) < 4.78 is 4.93. The predicted molar refractivity (Wildman–Crippen MR) is 48.2 cm³/mol. The van der Waals surface area contributed by atoms with Gasteiger partial charge in [-0.25, -0.2) is 0 Å². The maximum atomic E-state index is 5.75. The number of methoxy groups -OCH3 is 1. The van der Waals surface area contributed by atoms with Crippen LogP contribution in [0.1, 0.15) is 11.3 Å². The van der Waals surface area contributed by atoms with Crippen LogP contribution < -0.4 is 10.5 Å². The van der Waals surface area contributed by atoms with E-state index in [9.17, 15) is 0 Å². The molecule has 0 bridgehead atoms. The summed E-state index contributed by atoms with van der Waals surface area (Å²) >= 11 is 0. The lowest BCUT2D eigenvalue weighted by molar-refractivity contribution is 0.348. The Bertz CT molecular complexity index is 339. The van der Waals surface area contributed by atoms with Crippen LogP contribution in [0, 0.1) is 0 Å². The Hall–Kier alpha value is -1.36. The molecule has 0 spiro atoms. The SMILES string of the molecule is COc1nc(N)c2c(n1)CN(C)C2. The molecule has 0 aliphatic carbocycles. The van der Waals surface area contributed by atoms with Gasteiger partial charge in [0.1, 0.15) is 5.82 Å². The highest BCUT2D eigenvalue weighted by atomic mass is 16.5. The zero-order chi connectivity index (χ0) is 9.42. The number of nitrogens with zero attached hydrogens (tertiary/aromatic N) is 3. The van der Waals surface area contributed by atoms with Crippen molar-refractivity contribution in [1.82, 2.24) is 14.9 Å². The average Bonchev–Trinajstić information content (AvgIpc) is 2.46. The molecule has 5 nitrogen and oxygen atoms in total. The summed E-state index contributed by atoms with van der Waals surface area (Å²) in [6.07, 6.45) is 0. The van der Waals surface area contributed by atoms with E-state index in [0.717, 1.165) is 24.3 Å². The molecule has 1 aromatic rings. The highest BCUT2D eigenvalue weighted by Gasteiger charge is 2.21. The molecule has 1 aliphatic rings. The van der Waals surface area contributed by atoms with E-state index in [2.05, 4.69) is 14.9 Å². The van der Waals surface area contributed by atoms with Crippen LogP contribution in [-0.2, 0) is 13.1 Å². The molecule has 0 amide bonds. The van der Waals surface area contributed by atoms with Gasteiger partial charge in [-0.15, -0.1) is 0 Å². The van der Waals surface area contributed by atoms with Crippen molar-refractivity contribution in [3.63, 3.8) is 0 Å². The number of nitrogens with two attached hydrogens (primary N) is 1. The minimum Gasteiger partial charge on any atom is -0.467 e. The number of fused-ring (bicyclic) bond motifs is 1. The third-order valence-electron chi connectivity index (χ3n) is 2.13. The molecule has 0 atom stereocenters. The van der Waals surface area contributed by atoms with E-state index in [1.807, 2.05) is 7.05 Å². The van der Waals surface area contributed by atoms with Gasteiger partial charge in [-0.1, -0.05) is 0 Å². The van der Waals surface area contributed by atoms with Gasteiger partial charge in [0.2, 0.25) is 0 Å². The van der Waals surface area contributed by atoms with Crippen molar-refractivity contribution in [3.8, 4) is 6.01 Å². The van der Waals surface area contributed by atoms with Crippen molar-refractivity contribution in [1.29, 1.82) is 0 Å². The zero-order valence-electron chi connectivity index (χ0n) is 7.74. The van der Waals surface area contributed by atoms with E-state index in [0.29, 0.717) is 11.8 Å². The van der Waals surface area contributed by atoms with Gasteiger partial charge < -0.3 is 10.5 Å². The summed E-state index contributed by atoms with van der Waals surface area (Å²) in [5.41, 5.74) is 7.76. The van der Waals surface area contributed by atoms with E-state index in [4.69, 9.17) is 10.5 Å². The first-order valence-corrected chi connectivity index (χ1v) is 4.08. The van der Waals surface area contributed by atoms with Crippen molar-refractivity contribution < 1.29 is 4.74 Å². The van der Waals surface area contributed by atoms with Gasteiger partial charge in [-0.3, -0.25) is 4.90 Å². The Morgan fingerprint density at radius 1 is 1.38 bits per heavy atom. The molecule has 0 fully saturated rings. The molecular formula is C8H12N4O. The minimum atomic E-state index is 0.353. The fourth-order valence-corrected chi connectivity index (χ4v) is 1.50. The van der Waals surface area contributed by atoms with E-state index in [1.165, 1.54) is 0 Å². The van der Waals surface area contributed by atoms with Crippen LogP contribution in [0.3, 0.4) is 0 Å². The lowest BCUT2D eigenvalue weighted by Crippen LogP contribution is -2.08. The number of aromatic nitrogens is 2. The molecular weight excluding hydrogens is 168 g/mol. The number of hydrogen-bond donors (Lipinski definition) is 1. The first-order chi connectivity index (χ1) is 6.20. The Morgan fingerprint density at radius 2 is 2.15 bits per heavy atom. The van der Waals surface area contributed by atoms with Gasteiger partial charge in [-0.2, -0.15) is 9.97 Å². The van der Waals surface area contributed by atoms with Crippen molar-refractivity contribution in [2.75, 3.05) is 19.9 Å². The number of anilines is 1. The molecule has 5 heteroatoms. The average molecular weight is 180 g/mol. The van der Waals surface area contributed by atoms with Gasteiger partial charge in [0.05, 0.1) is 12.8 Å². The summed E-state index contributed by atoms with van der Waals surface area (Å²) in [5.74, 6) is 0.534. The molecule has 0 saturated heterocycles. The molecule has 0 saturated carbocycles. The molecule has 2 rings (SSSR count). The normalized spacial score (nSPS) is 15.8. The maximum Gasteiger partial charge on any atom is 0.318 e. The smallest absolute Gasteiger partial charge is 0.318 e. The first kappa shape index (κ1) is 8.25. The fourth-order valence-electron chi connectivity index (χ4n) is 1.50. The number of rotatable bonds is 1. The topological polar surface area (TPSA) is 64.3 Å². The van der Waals surface area contributed by atoms with Crippen molar-refractivity contribution >= 4 is 5.82 Å². The zero-order valence-corrected chi connectivity index (χ0v) is 7.74. The molecule has 1 aliphatic heterocycles. The highest BCUT2D eigenvalue weighted by Crippen LogP contribution is 2.25. The molecule has 0 radical (unpaired) electrons. The summed E-state index contributed by atoms with van der Waals surface area (Å²) in [6.45, 7) is 1.64. The molecule has 0 unspecified atom stereocenters. The molecule has 2 heterocycles. The maximum absolute atomic E-state index is 5.75. The minimum absolute atomic E-state index is 0.353. The fraction of sp³-hybridized carbons (Fsp3) is 0.500. The van der Waals surface area contributed by atoms with E-state index >= 15 is 0 Å². The van der Waals surface area contributed by atoms with Crippen LogP contribution in [0.5, 0.6) is 6.01 Å². The van der Waals surface area contributed by atoms with Crippen LogP contribution in [0.15, 0.2) is 0 Å². The van der Waals surface area contributed by atoms with Gasteiger partial charge in [-0.05, 0) is 7.05 Å². The Kier molecular flexibility index (Phi) is 1.81. The van der Waals surface area contributed by atoms with Crippen molar-refractivity contribution in [3.05, 3.63) is 11.3 Å². The van der Waals surface area contributed by atoms with Crippen molar-refractivity contribution in [2.45, 2.75) is 13.1 Å². The van der Waals surface area contributed by atoms with Crippen LogP contribution in [-0.4, -0.2) is 29.0 Å². The lowest BCUT2D eigenvalue weighted by atomic mass is 10.2. The largest absolute Gasteiger partial charge is 0.467 e. The van der Waals surface area contributed by atoms with Gasteiger partial charge in [0.15, 0.2) is 0 Å². The first-order valence-electron chi connectivity index (χ1n) is 4.08. The molecule has 1 aromatic heterocycles. The second-order valence-electron chi connectivity index (χ2n) is 3.19. The van der Waals surface area contributed by atoms with Crippen molar-refractivity contribution in [2.24, 2.45) is 0 Å². The Balaban J connectivity index is 2.46. The van der Waals surface area contributed by atoms with Crippen LogP contribution in [0.4, 0.5) is 5.82 Å². The second-order valence-corrected chi connectivity index (χ2v) is 3.19. The van der Waals surface area contributed by atoms with E-state index in [1.54, 1.807) is 7.11 Å². The van der Waals surface area contributed by atoms with Crippen LogP contribution >= 0.6 is 0 Å². The standard InChI is InChI=1S/C8H12N4O/c1-12-3-5-6(4-12)10-8(13-2)11-7(5)9/h3-4H2,1-2H3,(H2,9,10,11). The third kappa shape index (κ3) is 1.31. The van der Waals surface area contributed by atoms with Crippen LogP contribution in [0.25, 0.3) is 0 Å². The quantitative estimate of drug-likeness (QED) is 0.659. The van der Waals surface area contributed by atoms with E-state index in [-0.39, 0.29) is 0 Å². The third-order valence-corrected chi connectivity index (χ3v) is 2.13.